The molecule has 0 saturated carbocycles. The van der Waals surface area contributed by atoms with E-state index < -0.39 is 0 Å². The van der Waals surface area contributed by atoms with Gasteiger partial charge in [-0.15, -0.1) is 0 Å². The number of aromatic nitrogens is 1. The fourth-order valence-electron chi connectivity index (χ4n) is 2.58. The molecule has 0 atom stereocenters. The normalized spacial score (nSPS) is 13.8. The van der Waals surface area contributed by atoms with Gasteiger partial charge in [-0.05, 0) is 77.8 Å². The van der Waals surface area contributed by atoms with E-state index in [1.54, 1.807) is 19.2 Å². The molecule has 1 aliphatic heterocycles. The fraction of sp³-hybridized carbons (Fsp3) is 0.294. The van der Waals surface area contributed by atoms with Crippen LogP contribution >= 0.6 is 22.6 Å². The van der Waals surface area contributed by atoms with Crippen LogP contribution in [0.5, 0.6) is 11.6 Å². The predicted molar refractivity (Wildman–Crippen MR) is 97.1 cm³/mol. The van der Waals surface area contributed by atoms with E-state index in [2.05, 4.69) is 50.3 Å². The molecule has 1 aromatic carbocycles. The Balaban J connectivity index is 1.82. The largest absolute Gasteiger partial charge is 0.438 e. The van der Waals surface area contributed by atoms with Gasteiger partial charge >= 0.3 is 0 Å². The Morgan fingerprint density at radius 3 is 2.65 bits per heavy atom. The zero-order valence-electron chi connectivity index (χ0n) is 12.9. The number of rotatable bonds is 3. The van der Waals surface area contributed by atoms with Crippen LogP contribution < -0.4 is 15.4 Å². The summed E-state index contributed by atoms with van der Waals surface area (Å²) < 4.78 is 6.98. The van der Waals surface area contributed by atoms with Gasteiger partial charge in [-0.2, -0.15) is 0 Å². The quantitative estimate of drug-likeness (QED) is 0.746. The monoisotopic (exact) mass is 423 g/mol. The topological polar surface area (TPSA) is 63.2 Å². The van der Waals surface area contributed by atoms with Crippen molar-refractivity contribution in [3.63, 3.8) is 0 Å². The van der Waals surface area contributed by atoms with E-state index in [1.165, 1.54) is 17.3 Å². The number of pyridine rings is 1. The van der Waals surface area contributed by atoms with Crippen LogP contribution in [0, 0.1) is 3.57 Å². The van der Waals surface area contributed by atoms with Gasteiger partial charge in [0.25, 0.3) is 5.91 Å². The number of ether oxygens (including phenoxy) is 1. The van der Waals surface area contributed by atoms with E-state index in [4.69, 9.17) is 4.74 Å². The Hall–Kier alpha value is -1.67. The lowest BCUT2D eigenvalue weighted by Crippen LogP contribution is -2.17. The summed E-state index contributed by atoms with van der Waals surface area (Å²) in [6.07, 6.45) is 3.57. The standard InChI is InChI=1S/C17H18IN3O2/c1-19-17(22)13-2-3-16(21-10-13)23-15-9-12-5-7-20-6-4-11(12)8-14(15)18/h2-3,8-10,20H,4-7H2,1H3,(H,19,22). The lowest BCUT2D eigenvalue weighted by atomic mass is 10.0. The highest BCUT2D eigenvalue weighted by molar-refractivity contribution is 14.1. The van der Waals surface area contributed by atoms with Gasteiger partial charge in [0.1, 0.15) is 5.75 Å². The highest BCUT2D eigenvalue weighted by Crippen LogP contribution is 2.30. The minimum atomic E-state index is -0.156. The van der Waals surface area contributed by atoms with Crippen LogP contribution in [0.25, 0.3) is 0 Å². The number of carbonyl (C=O) groups is 1. The molecule has 0 bridgehead atoms. The number of carbonyl (C=O) groups excluding carboxylic acids is 1. The van der Waals surface area contributed by atoms with Crippen molar-refractivity contribution in [2.45, 2.75) is 12.8 Å². The summed E-state index contributed by atoms with van der Waals surface area (Å²) in [6, 6.07) is 7.73. The lowest BCUT2D eigenvalue weighted by Gasteiger charge is -2.12. The second-order valence-electron chi connectivity index (χ2n) is 5.37. The second kappa shape index (κ2) is 7.27. The molecule has 23 heavy (non-hydrogen) atoms. The molecular formula is C17H18IN3O2. The van der Waals surface area contributed by atoms with Gasteiger partial charge in [0.2, 0.25) is 5.88 Å². The summed E-state index contributed by atoms with van der Waals surface area (Å²) in [7, 11) is 1.60. The average molecular weight is 423 g/mol. The molecule has 120 valence electrons. The maximum absolute atomic E-state index is 11.5. The van der Waals surface area contributed by atoms with Gasteiger partial charge in [-0.3, -0.25) is 4.79 Å². The number of benzene rings is 1. The van der Waals surface area contributed by atoms with Crippen LogP contribution in [0.3, 0.4) is 0 Å². The van der Waals surface area contributed by atoms with Crippen LogP contribution in [0.1, 0.15) is 21.5 Å². The third-order valence-electron chi connectivity index (χ3n) is 3.84. The van der Waals surface area contributed by atoms with Crippen LogP contribution in [0.2, 0.25) is 0 Å². The molecule has 0 saturated heterocycles. The third kappa shape index (κ3) is 3.81. The number of nitrogens with zero attached hydrogens (tertiary/aromatic N) is 1. The van der Waals surface area contributed by atoms with Crippen molar-refractivity contribution in [2.24, 2.45) is 0 Å². The van der Waals surface area contributed by atoms with Gasteiger partial charge in [0, 0.05) is 19.3 Å². The summed E-state index contributed by atoms with van der Waals surface area (Å²) in [5, 5.41) is 5.98. The van der Waals surface area contributed by atoms with Crippen LogP contribution in [-0.4, -0.2) is 31.0 Å². The minimum absolute atomic E-state index is 0.156. The first-order valence-electron chi connectivity index (χ1n) is 7.55. The molecule has 1 amide bonds. The maximum atomic E-state index is 11.5. The Labute approximate surface area is 149 Å². The molecule has 0 unspecified atom stereocenters. The van der Waals surface area contributed by atoms with Crippen molar-refractivity contribution in [3.05, 3.63) is 50.7 Å². The van der Waals surface area contributed by atoms with Crippen LogP contribution in [-0.2, 0) is 12.8 Å². The van der Waals surface area contributed by atoms with Crippen LogP contribution in [0.15, 0.2) is 30.5 Å². The fourth-order valence-corrected chi connectivity index (χ4v) is 3.23. The molecule has 0 fully saturated rings. The number of halogens is 1. The number of fused-ring (bicyclic) bond motifs is 1. The Morgan fingerprint density at radius 2 is 2.00 bits per heavy atom. The predicted octanol–water partition coefficient (Wildman–Crippen LogP) is 2.53. The molecule has 1 aliphatic rings. The van der Waals surface area contributed by atoms with Gasteiger partial charge < -0.3 is 15.4 Å². The highest BCUT2D eigenvalue weighted by Gasteiger charge is 2.13. The number of hydrogen-bond acceptors (Lipinski definition) is 4. The smallest absolute Gasteiger partial charge is 0.252 e. The molecule has 3 rings (SSSR count). The molecule has 2 N–H and O–H groups in total. The molecule has 1 aromatic heterocycles. The molecule has 0 spiro atoms. The van der Waals surface area contributed by atoms with E-state index in [1.807, 2.05) is 0 Å². The molecule has 2 aromatic rings. The van der Waals surface area contributed by atoms with E-state index in [9.17, 15) is 4.79 Å². The lowest BCUT2D eigenvalue weighted by molar-refractivity contribution is 0.0962. The van der Waals surface area contributed by atoms with E-state index in [-0.39, 0.29) is 5.91 Å². The first kappa shape index (κ1) is 16.2. The van der Waals surface area contributed by atoms with Crippen molar-refractivity contribution < 1.29 is 9.53 Å². The van der Waals surface area contributed by atoms with Crippen molar-refractivity contribution in [1.29, 1.82) is 0 Å². The highest BCUT2D eigenvalue weighted by atomic mass is 127. The zero-order valence-corrected chi connectivity index (χ0v) is 15.0. The number of hydrogen-bond donors (Lipinski definition) is 2. The molecule has 0 aliphatic carbocycles. The third-order valence-corrected chi connectivity index (χ3v) is 4.68. The van der Waals surface area contributed by atoms with Gasteiger partial charge in [0.05, 0.1) is 9.13 Å². The Kier molecular flexibility index (Phi) is 5.12. The molecule has 2 heterocycles. The van der Waals surface area contributed by atoms with Crippen molar-refractivity contribution in [2.75, 3.05) is 20.1 Å². The summed E-state index contributed by atoms with van der Waals surface area (Å²) in [6.45, 7) is 2.01. The van der Waals surface area contributed by atoms with Crippen molar-refractivity contribution >= 4 is 28.5 Å². The molecule has 5 nitrogen and oxygen atoms in total. The van der Waals surface area contributed by atoms with Gasteiger partial charge in [-0.1, -0.05) is 0 Å². The Bertz CT molecular complexity index is 717. The first-order valence-corrected chi connectivity index (χ1v) is 8.63. The summed E-state index contributed by atoms with van der Waals surface area (Å²) in [5.74, 6) is 1.14. The van der Waals surface area contributed by atoms with Crippen molar-refractivity contribution in [3.8, 4) is 11.6 Å². The summed E-state index contributed by atoms with van der Waals surface area (Å²) in [4.78, 5) is 15.7. The first-order chi connectivity index (χ1) is 11.2. The molecular weight excluding hydrogens is 405 g/mol. The molecule has 0 radical (unpaired) electrons. The van der Waals surface area contributed by atoms with E-state index in [0.717, 1.165) is 35.3 Å². The number of nitrogens with one attached hydrogen (secondary N) is 2. The summed E-state index contributed by atoms with van der Waals surface area (Å²) >= 11 is 2.29. The van der Waals surface area contributed by atoms with Gasteiger partial charge in [-0.25, -0.2) is 4.98 Å². The molecule has 6 heteroatoms. The minimum Gasteiger partial charge on any atom is -0.438 e. The van der Waals surface area contributed by atoms with E-state index in [0.29, 0.717) is 11.4 Å². The van der Waals surface area contributed by atoms with E-state index >= 15 is 0 Å². The average Bonchev–Trinajstić information content (AvgIpc) is 2.80. The number of amides is 1. The summed E-state index contributed by atoms with van der Waals surface area (Å²) in [5.41, 5.74) is 3.23. The van der Waals surface area contributed by atoms with Crippen LogP contribution in [0.4, 0.5) is 0 Å². The Morgan fingerprint density at radius 1 is 1.26 bits per heavy atom. The zero-order chi connectivity index (χ0) is 16.2. The maximum Gasteiger partial charge on any atom is 0.252 e. The van der Waals surface area contributed by atoms with Gasteiger partial charge in [0.15, 0.2) is 0 Å². The second-order valence-corrected chi connectivity index (χ2v) is 6.53. The van der Waals surface area contributed by atoms with Crippen molar-refractivity contribution in [1.82, 2.24) is 15.6 Å². The SMILES string of the molecule is CNC(=O)c1ccc(Oc2cc3c(cc2I)CCNCC3)nc1.